The molecule has 0 aromatic heterocycles. The molecule has 6 nitrogen and oxygen atoms in total. The summed E-state index contributed by atoms with van der Waals surface area (Å²) in [4.78, 5) is 36.0. The lowest BCUT2D eigenvalue weighted by Crippen LogP contribution is -2.16. The molecule has 0 heterocycles. The van der Waals surface area contributed by atoms with E-state index in [9.17, 15) is 19.7 Å². The molecule has 28 heavy (non-hydrogen) atoms. The quantitative estimate of drug-likeness (QED) is 0.344. The molecule has 0 aliphatic rings. The highest BCUT2D eigenvalue weighted by atomic mass is 35.5. The highest BCUT2D eigenvalue weighted by Gasteiger charge is 2.22. The fourth-order valence-electron chi connectivity index (χ4n) is 2.57. The molecule has 0 fully saturated rings. The molecule has 3 aromatic rings. The van der Waals surface area contributed by atoms with Crippen LogP contribution in [0.25, 0.3) is 0 Å². The maximum absolute atomic E-state index is 13.0. The molecular weight excluding hydrogens is 403 g/mol. The summed E-state index contributed by atoms with van der Waals surface area (Å²) >= 11 is 12.1. The summed E-state index contributed by atoms with van der Waals surface area (Å²) in [6.45, 7) is 0. The largest absolute Gasteiger partial charge is 0.321 e. The topological polar surface area (TPSA) is 89.3 Å². The molecule has 1 N–H and O–H groups in total. The number of benzene rings is 3. The van der Waals surface area contributed by atoms with Gasteiger partial charge in [0.1, 0.15) is 0 Å². The average Bonchev–Trinajstić information content (AvgIpc) is 2.68. The first-order valence-corrected chi connectivity index (χ1v) is 8.77. The van der Waals surface area contributed by atoms with Gasteiger partial charge < -0.3 is 5.32 Å². The van der Waals surface area contributed by atoms with Gasteiger partial charge in [-0.1, -0.05) is 47.5 Å². The van der Waals surface area contributed by atoms with E-state index >= 15 is 0 Å². The number of halogens is 2. The molecule has 0 aliphatic carbocycles. The zero-order valence-corrected chi connectivity index (χ0v) is 15.7. The van der Waals surface area contributed by atoms with E-state index in [1.54, 1.807) is 30.3 Å². The summed E-state index contributed by atoms with van der Waals surface area (Å²) in [7, 11) is 0. The highest BCUT2D eigenvalue weighted by molar-refractivity contribution is 6.36. The van der Waals surface area contributed by atoms with Crippen LogP contribution in [0.15, 0.2) is 66.7 Å². The number of nitro benzene ring substituents is 1. The highest BCUT2D eigenvalue weighted by Crippen LogP contribution is 2.28. The van der Waals surface area contributed by atoms with E-state index in [2.05, 4.69) is 5.32 Å². The molecule has 0 saturated heterocycles. The number of nitro groups is 1. The van der Waals surface area contributed by atoms with Crippen LogP contribution in [0, 0.1) is 10.1 Å². The molecule has 0 saturated carbocycles. The predicted molar refractivity (Wildman–Crippen MR) is 107 cm³/mol. The first-order chi connectivity index (χ1) is 13.4. The molecule has 0 unspecified atom stereocenters. The number of nitrogens with zero attached hydrogens (tertiary/aromatic N) is 1. The Morgan fingerprint density at radius 2 is 1.39 bits per heavy atom. The van der Waals surface area contributed by atoms with Crippen molar-refractivity contribution in [3.8, 4) is 0 Å². The fraction of sp³-hybridized carbons (Fsp3) is 0. The molecule has 0 aliphatic heterocycles. The van der Waals surface area contributed by atoms with E-state index in [1.807, 2.05) is 0 Å². The minimum atomic E-state index is -0.622. The molecule has 3 aromatic carbocycles. The van der Waals surface area contributed by atoms with Crippen LogP contribution in [0.5, 0.6) is 0 Å². The van der Waals surface area contributed by atoms with Crippen molar-refractivity contribution in [2.45, 2.75) is 0 Å². The van der Waals surface area contributed by atoms with Crippen LogP contribution < -0.4 is 5.32 Å². The van der Waals surface area contributed by atoms with E-state index in [0.29, 0.717) is 0 Å². The second kappa shape index (κ2) is 8.21. The Morgan fingerprint density at radius 1 is 0.821 bits per heavy atom. The number of non-ortho nitro benzene ring substituents is 1. The average molecular weight is 415 g/mol. The lowest BCUT2D eigenvalue weighted by molar-refractivity contribution is -0.384. The Hall–Kier alpha value is -3.22. The third-order valence-corrected chi connectivity index (χ3v) is 4.60. The van der Waals surface area contributed by atoms with Crippen LogP contribution in [0.1, 0.15) is 26.3 Å². The van der Waals surface area contributed by atoms with Gasteiger partial charge in [0.2, 0.25) is 0 Å². The number of nitrogens with one attached hydrogen (secondary N) is 1. The summed E-state index contributed by atoms with van der Waals surface area (Å²) in [6.07, 6.45) is 0. The van der Waals surface area contributed by atoms with Gasteiger partial charge in [-0.3, -0.25) is 19.7 Å². The number of rotatable bonds is 5. The first kappa shape index (κ1) is 19.5. The van der Waals surface area contributed by atoms with Crippen molar-refractivity contribution in [1.82, 2.24) is 0 Å². The van der Waals surface area contributed by atoms with E-state index in [4.69, 9.17) is 23.2 Å². The maximum atomic E-state index is 13.0. The first-order valence-electron chi connectivity index (χ1n) is 8.02. The molecule has 0 atom stereocenters. The molecule has 0 spiro atoms. The van der Waals surface area contributed by atoms with Crippen molar-refractivity contribution in [2.75, 3.05) is 5.32 Å². The number of carbonyl (C=O) groups excluding carboxylic acids is 2. The van der Waals surface area contributed by atoms with Crippen LogP contribution in [0.4, 0.5) is 11.4 Å². The Kier molecular flexibility index (Phi) is 5.73. The van der Waals surface area contributed by atoms with Crippen molar-refractivity contribution >= 4 is 46.3 Å². The van der Waals surface area contributed by atoms with Crippen LogP contribution in [0.3, 0.4) is 0 Å². The van der Waals surface area contributed by atoms with Gasteiger partial charge >= 0.3 is 0 Å². The van der Waals surface area contributed by atoms with Gasteiger partial charge in [0, 0.05) is 17.7 Å². The van der Waals surface area contributed by atoms with Gasteiger partial charge in [-0.15, -0.1) is 0 Å². The maximum Gasteiger partial charge on any atom is 0.270 e. The Morgan fingerprint density at radius 3 is 1.96 bits per heavy atom. The van der Waals surface area contributed by atoms with E-state index in [0.717, 1.165) is 6.07 Å². The van der Waals surface area contributed by atoms with Gasteiger partial charge in [0.25, 0.3) is 11.6 Å². The van der Waals surface area contributed by atoms with E-state index < -0.39 is 16.6 Å². The van der Waals surface area contributed by atoms with Crippen LogP contribution in [0.2, 0.25) is 10.0 Å². The van der Waals surface area contributed by atoms with Crippen LogP contribution in [-0.4, -0.2) is 16.6 Å². The van der Waals surface area contributed by atoms with Gasteiger partial charge in [-0.25, -0.2) is 0 Å². The van der Waals surface area contributed by atoms with Gasteiger partial charge in [0.15, 0.2) is 5.78 Å². The zero-order chi connectivity index (χ0) is 20.3. The number of anilines is 1. The smallest absolute Gasteiger partial charge is 0.270 e. The minimum absolute atomic E-state index is 0.0531. The summed E-state index contributed by atoms with van der Waals surface area (Å²) < 4.78 is 0. The van der Waals surface area contributed by atoms with Crippen molar-refractivity contribution < 1.29 is 14.5 Å². The monoisotopic (exact) mass is 414 g/mol. The van der Waals surface area contributed by atoms with Crippen LogP contribution in [-0.2, 0) is 0 Å². The summed E-state index contributed by atoms with van der Waals surface area (Å²) in [5.41, 5.74) is 0.144. The van der Waals surface area contributed by atoms with Crippen LogP contribution >= 0.6 is 23.2 Å². The lowest BCUT2D eigenvalue weighted by atomic mass is 10.0. The molecule has 8 heteroatoms. The fourth-order valence-corrected chi connectivity index (χ4v) is 3.01. The summed E-state index contributed by atoms with van der Waals surface area (Å²) in [5.74, 6) is -1.10. The number of carbonyl (C=O) groups is 2. The molecule has 1 amide bonds. The summed E-state index contributed by atoms with van der Waals surface area (Å²) in [6, 6.07) is 16.3. The Bertz CT molecular complexity index is 1100. The second-order valence-electron chi connectivity index (χ2n) is 5.73. The molecule has 3 rings (SSSR count). The van der Waals surface area contributed by atoms with Gasteiger partial charge in [-0.2, -0.15) is 0 Å². The normalized spacial score (nSPS) is 10.4. The summed E-state index contributed by atoms with van der Waals surface area (Å²) in [5, 5.41) is 14.2. The van der Waals surface area contributed by atoms with E-state index in [-0.39, 0.29) is 38.1 Å². The minimum Gasteiger partial charge on any atom is -0.321 e. The third-order valence-electron chi connectivity index (χ3n) is 3.94. The number of amides is 1. The predicted octanol–water partition coefficient (Wildman–Crippen LogP) is 5.38. The molecule has 0 radical (unpaired) electrons. The number of hydrogen-bond acceptors (Lipinski definition) is 4. The van der Waals surface area contributed by atoms with Gasteiger partial charge in [-0.05, 0) is 30.3 Å². The van der Waals surface area contributed by atoms with Crippen molar-refractivity contribution in [2.24, 2.45) is 0 Å². The number of hydrogen-bond donors (Lipinski definition) is 1. The number of ketones is 1. The Balaban J connectivity index is 2.05. The Labute approximate surface area is 169 Å². The van der Waals surface area contributed by atoms with Crippen molar-refractivity contribution in [1.29, 1.82) is 0 Å². The molecule has 0 bridgehead atoms. The standard InChI is InChI=1S/C20H12Cl2N2O4/c21-16-7-3-1-5-13(16)19(25)15-11-12(24(27)28)9-10-18(15)23-20(26)14-6-2-4-8-17(14)22/h1-11H,(H,23,26). The van der Waals surface area contributed by atoms with Crippen molar-refractivity contribution in [3.63, 3.8) is 0 Å². The second-order valence-corrected chi connectivity index (χ2v) is 6.54. The van der Waals surface area contributed by atoms with E-state index in [1.165, 1.54) is 30.3 Å². The zero-order valence-electron chi connectivity index (χ0n) is 14.2. The third kappa shape index (κ3) is 4.03. The van der Waals surface area contributed by atoms with Gasteiger partial charge in [0.05, 0.1) is 31.8 Å². The SMILES string of the molecule is O=C(Nc1ccc([N+](=O)[O-])cc1C(=O)c1ccccc1Cl)c1ccccc1Cl. The lowest BCUT2D eigenvalue weighted by Gasteiger charge is -2.12. The van der Waals surface area contributed by atoms with Crippen molar-refractivity contribution in [3.05, 3.63) is 104 Å². The molecule has 140 valence electrons. The molecular formula is C20H12Cl2N2O4.